The van der Waals surface area contributed by atoms with Crippen molar-refractivity contribution in [1.82, 2.24) is 0 Å². The van der Waals surface area contributed by atoms with Crippen LogP contribution < -0.4 is 4.74 Å². The minimum Gasteiger partial charge on any atom is -0.482 e. The maximum Gasteiger partial charge on any atom is 0.454 e. The third-order valence-electron chi connectivity index (χ3n) is 1.96. The molecule has 0 heterocycles. The number of hydrogen-bond acceptors (Lipinski definition) is 4. The lowest BCUT2D eigenvalue weighted by atomic mass is 10.1. The van der Waals surface area contributed by atoms with Gasteiger partial charge < -0.3 is 9.47 Å². The fraction of sp³-hybridized carbons (Fsp3) is 0.273. The highest BCUT2D eigenvalue weighted by atomic mass is 19.4. The first-order valence-corrected chi connectivity index (χ1v) is 4.76. The van der Waals surface area contributed by atoms with Gasteiger partial charge in [0, 0.05) is 5.56 Å². The first-order chi connectivity index (χ1) is 8.34. The minimum atomic E-state index is -4.91. The Bertz CT molecular complexity index is 437. The van der Waals surface area contributed by atoms with Gasteiger partial charge >= 0.3 is 12.1 Å². The van der Waals surface area contributed by atoms with Crippen LogP contribution in [0.25, 0.3) is 0 Å². The monoisotopic (exact) mass is 262 g/mol. The Balaban J connectivity index is 2.69. The number of ether oxygens (including phenoxy) is 2. The molecule has 1 aromatic carbocycles. The molecule has 0 atom stereocenters. The van der Waals surface area contributed by atoms with Crippen LogP contribution in [0.1, 0.15) is 10.4 Å². The zero-order chi connectivity index (χ0) is 13.8. The lowest BCUT2D eigenvalue weighted by Gasteiger charge is -2.07. The van der Waals surface area contributed by atoms with Crippen LogP contribution >= 0.6 is 0 Å². The normalized spacial score (nSPS) is 10.9. The van der Waals surface area contributed by atoms with Gasteiger partial charge in [-0.2, -0.15) is 13.2 Å². The van der Waals surface area contributed by atoms with Crippen molar-refractivity contribution >= 4 is 11.8 Å². The molecular formula is C11H9F3O4. The molecular weight excluding hydrogens is 253 g/mol. The predicted molar refractivity (Wildman–Crippen MR) is 54.3 cm³/mol. The second kappa shape index (κ2) is 5.52. The zero-order valence-corrected chi connectivity index (χ0v) is 9.28. The molecule has 4 nitrogen and oxygen atoms in total. The zero-order valence-electron chi connectivity index (χ0n) is 9.28. The molecule has 0 radical (unpaired) electrons. The van der Waals surface area contributed by atoms with Gasteiger partial charge in [0.25, 0.3) is 5.78 Å². The van der Waals surface area contributed by atoms with E-state index in [-0.39, 0.29) is 12.4 Å². The molecule has 0 amide bonds. The second-order valence-corrected chi connectivity index (χ2v) is 3.22. The number of benzene rings is 1. The van der Waals surface area contributed by atoms with Crippen LogP contribution in [0, 0.1) is 0 Å². The standard InChI is InChI=1S/C11H9F3O4/c1-17-9(15)6-18-8-4-2-7(3-5-8)10(16)11(12,13)14/h2-5H,6H2,1H3. The highest BCUT2D eigenvalue weighted by Gasteiger charge is 2.39. The Kier molecular flexibility index (Phi) is 4.30. The van der Waals surface area contributed by atoms with Crippen LogP contribution in [-0.2, 0) is 9.53 Å². The molecule has 0 aromatic heterocycles. The van der Waals surface area contributed by atoms with E-state index in [2.05, 4.69) is 4.74 Å². The van der Waals surface area contributed by atoms with Crippen LogP contribution in [0.4, 0.5) is 13.2 Å². The summed E-state index contributed by atoms with van der Waals surface area (Å²) in [6.07, 6.45) is -4.91. The predicted octanol–water partition coefficient (Wildman–Crippen LogP) is 1.98. The van der Waals surface area contributed by atoms with Crippen molar-refractivity contribution in [2.24, 2.45) is 0 Å². The van der Waals surface area contributed by atoms with Crippen LogP contribution in [0.5, 0.6) is 5.75 Å². The fourth-order valence-corrected chi connectivity index (χ4v) is 1.07. The highest BCUT2D eigenvalue weighted by molar-refractivity contribution is 6.00. The van der Waals surface area contributed by atoms with Crippen LogP contribution in [0.3, 0.4) is 0 Å². The van der Waals surface area contributed by atoms with E-state index in [1.807, 2.05) is 0 Å². The number of carbonyl (C=O) groups is 2. The van der Waals surface area contributed by atoms with Gasteiger partial charge in [0.05, 0.1) is 7.11 Å². The van der Waals surface area contributed by atoms with E-state index in [0.29, 0.717) is 0 Å². The molecule has 7 heteroatoms. The SMILES string of the molecule is COC(=O)COc1ccc(C(=O)C(F)(F)F)cc1. The van der Waals surface area contributed by atoms with E-state index in [1.54, 1.807) is 0 Å². The van der Waals surface area contributed by atoms with Crippen LogP contribution in [0.2, 0.25) is 0 Å². The largest absolute Gasteiger partial charge is 0.482 e. The summed E-state index contributed by atoms with van der Waals surface area (Å²) < 4.78 is 45.5. The molecule has 1 aromatic rings. The Morgan fingerprint density at radius 1 is 1.17 bits per heavy atom. The number of Topliss-reactive ketones (excluding diaryl/α,β-unsaturated/α-hetero) is 1. The van der Waals surface area contributed by atoms with Crippen molar-refractivity contribution < 1.29 is 32.2 Å². The van der Waals surface area contributed by atoms with Gasteiger partial charge in [-0.1, -0.05) is 0 Å². The third kappa shape index (κ3) is 3.76. The first-order valence-electron chi connectivity index (χ1n) is 4.76. The minimum absolute atomic E-state index is 0.166. The van der Waals surface area contributed by atoms with Crippen molar-refractivity contribution in [2.75, 3.05) is 13.7 Å². The molecule has 0 N–H and O–H groups in total. The molecule has 0 spiro atoms. The molecule has 98 valence electrons. The maximum absolute atomic E-state index is 12.1. The van der Waals surface area contributed by atoms with Crippen LogP contribution in [-0.4, -0.2) is 31.6 Å². The molecule has 0 saturated heterocycles. The average molecular weight is 262 g/mol. The van der Waals surface area contributed by atoms with Crippen molar-refractivity contribution in [3.8, 4) is 5.75 Å². The molecule has 0 fully saturated rings. The Morgan fingerprint density at radius 3 is 2.17 bits per heavy atom. The van der Waals surface area contributed by atoms with E-state index in [9.17, 15) is 22.8 Å². The number of alkyl halides is 3. The van der Waals surface area contributed by atoms with Crippen LogP contribution in [0.15, 0.2) is 24.3 Å². The average Bonchev–Trinajstić information content (AvgIpc) is 2.34. The third-order valence-corrected chi connectivity index (χ3v) is 1.96. The fourth-order valence-electron chi connectivity index (χ4n) is 1.07. The number of ketones is 1. The summed E-state index contributed by atoms with van der Waals surface area (Å²) in [5, 5.41) is 0. The summed E-state index contributed by atoms with van der Waals surface area (Å²) >= 11 is 0. The van der Waals surface area contributed by atoms with Gasteiger partial charge in [0.15, 0.2) is 6.61 Å². The first kappa shape index (κ1) is 14.0. The van der Waals surface area contributed by atoms with Gasteiger partial charge in [-0.15, -0.1) is 0 Å². The number of hydrogen-bond donors (Lipinski definition) is 0. The van der Waals surface area contributed by atoms with Crippen molar-refractivity contribution in [3.05, 3.63) is 29.8 Å². The number of rotatable bonds is 4. The highest BCUT2D eigenvalue weighted by Crippen LogP contribution is 2.22. The molecule has 1 rings (SSSR count). The van der Waals surface area contributed by atoms with Crippen molar-refractivity contribution in [3.63, 3.8) is 0 Å². The van der Waals surface area contributed by atoms with E-state index in [1.165, 1.54) is 19.2 Å². The second-order valence-electron chi connectivity index (χ2n) is 3.22. The molecule has 0 bridgehead atoms. The molecule has 18 heavy (non-hydrogen) atoms. The quantitative estimate of drug-likeness (QED) is 0.615. The van der Waals surface area contributed by atoms with E-state index < -0.39 is 23.5 Å². The molecule has 0 aliphatic carbocycles. The summed E-state index contributed by atoms with van der Waals surface area (Å²) in [5.74, 6) is -2.38. The summed E-state index contributed by atoms with van der Waals surface area (Å²) in [4.78, 5) is 21.6. The Labute approximate surface area is 100 Å². The number of halogens is 3. The van der Waals surface area contributed by atoms with Gasteiger partial charge in [0.1, 0.15) is 5.75 Å². The lowest BCUT2D eigenvalue weighted by Crippen LogP contribution is -2.22. The van der Waals surface area contributed by atoms with Gasteiger partial charge in [-0.3, -0.25) is 4.79 Å². The maximum atomic E-state index is 12.1. The number of methoxy groups -OCH3 is 1. The van der Waals surface area contributed by atoms with Gasteiger partial charge in [-0.05, 0) is 24.3 Å². The van der Waals surface area contributed by atoms with E-state index in [0.717, 1.165) is 12.1 Å². The summed E-state index contributed by atoms with van der Waals surface area (Å²) in [6.45, 7) is -0.358. The summed E-state index contributed by atoms with van der Waals surface area (Å²) in [6, 6.07) is 4.29. The van der Waals surface area contributed by atoms with E-state index >= 15 is 0 Å². The smallest absolute Gasteiger partial charge is 0.454 e. The van der Waals surface area contributed by atoms with Gasteiger partial charge in [0.2, 0.25) is 0 Å². The van der Waals surface area contributed by atoms with Crippen molar-refractivity contribution in [1.29, 1.82) is 0 Å². The summed E-state index contributed by atoms with van der Waals surface area (Å²) in [5.41, 5.74) is -0.493. The Hall–Kier alpha value is -2.05. The molecule has 0 aliphatic heterocycles. The summed E-state index contributed by atoms with van der Waals surface area (Å²) in [7, 11) is 1.18. The molecule has 0 saturated carbocycles. The lowest BCUT2D eigenvalue weighted by molar-refractivity contribution is -0.142. The number of carbonyl (C=O) groups excluding carboxylic acids is 2. The van der Waals surface area contributed by atoms with Gasteiger partial charge in [-0.25, -0.2) is 4.79 Å². The Morgan fingerprint density at radius 2 is 1.72 bits per heavy atom. The number of esters is 1. The van der Waals surface area contributed by atoms with Crippen molar-refractivity contribution in [2.45, 2.75) is 6.18 Å². The topological polar surface area (TPSA) is 52.6 Å². The molecule has 0 aliphatic rings. The van der Waals surface area contributed by atoms with E-state index in [4.69, 9.17) is 4.74 Å². The molecule has 0 unspecified atom stereocenters.